The zero-order valence-corrected chi connectivity index (χ0v) is 8.68. The van der Waals surface area contributed by atoms with Crippen molar-refractivity contribution in [2.24, 2.45) is 0 Å². The monoisotopic (exact) mass is 249 g/mol. The van der Waals surface area contributed by atoms with Crippen molar-refractivity contribution in [3.63, 3.8) is 0 Å². The van der Waals surface area contributed by atoms with Crippen LogP contribution in [0.1, 0.15) is 0 Å². The fourth-order valence-electron chi connectivity index (χ4n) is 1.04. The molecule has 8 nitrogen and oxygen atoms in total. The topological polar surface area (TPSA) is 118 Å². The largest absolute Gasteiger partial charge is 0.390 e. The van der Waals surface area contributed by atoms with Crippen LogP contribution in [-0.2, 0) is 6.54 Å². The minimum absolute atomic E-state index is 0.126. The number of hydrogen-bond donors (Lipinski definition) is 2. The Hall–Kier alpha value is -1.67. The molecule has 0 aliphatic rings. The maximum atomic E-state index is 11.2. The van der Waals surface area contributed by atoms with Gasteiger partial charge in [0.05, 0.1) is 29.6 Å². The maximum absolute atomic E-state index is 11.2. The number of aliphatic hydroxyl groups is 1. The average molecular weight is 250 g/mol. The van der Waals surface area contributed by atoms with Gasteiger partial charge in [-0.25, -0.2) is 4.79 Å². The van der Waals surface area contributed by atoms with Crippen molar-refractivity contribution in [2.45, 2.75) is 12.6 Å². The summed E-state index contributed by atoms with van der Waals surface area (Å²) in [6.45, 7) is -0.222. The average Bonchev–Trinajstić information content (AvgIpc) is 2.21. The van der Waals surface area contributed by atoms with Crippen molar-refractivity contribution in [3.05, 3.63) is 37.1 Å². The summed E-state index contributed by atoms with van der Waals surface area (Å²) in [5.74, 6) is -0.126. The SMILES string of the molecule is O=c1[nH]c(=O)n(CC(O)CCl)cc1[N+](=O)[O-]. The van der Waals surface area contributed by atoms with Gasteiger partial charge in [-0.3, -0.25) is 24.5 Å². The number of aliphatic hydroxyl groups excluding tert-OH is 1. The van der Waals surface area contributed by atoms with Gasteiger partial charge in [0.2, 0.25) is 0 Å². The van der Waals surface area contributed by atoms with Gasteiger partial charge in [-0.2, -0.15) is 0 Å². The van der Waals surface area contributed by atoms with Crippen LogP contribution < -0.4 is 11.2 Å². The summed E-state index contributed by atoms with van der Waals surface area (Å²) < 4.78 is 0.826. The Balaban J connectivity index is 3.20. The Morgan fingerprint density at radius 1 is 1.62 bits per heavy atom. The fraction of sp³-hybridized carbons (Fsp3) is 0.429. The molecule has 88 valence electrons. The van der Waals surface area contributed by atoms with Gasteiger partial charge in [0.15, 0.2) is 0 Å². The second-order valence-corrected chi connectivity index (χ2v) is 3.30. The summed E-state index contributed by atoms with van der Waals surface area (Å²) >= 11 is 5.32. The van der Waals surface area contributed by atoms with Crippen molar-refractivity contribution >= 4 is 17.3 Å². The van der Waals surface area contributed by atoms with Gasteiger partial charge in [-0.15, -0.1) is 11.6 Å². The van der Waals surface area contributed by atoms with E-state index in [1.165, 1.54) is 0 Å². The molecule has 0 aliphatic heterocycles. The Kier molecular flexibility index (Phi) is 3.80. The lowest BCUT2D eigenvalue weighted by atomic mass is 10.4. The van der Waals surface area contributed by atoms with Crippen LogP contribution in [0.3, 0.4) is 0 Å². The first kappa shape index (κ1) is 12.4. The highest BCUT2D eigenvalue weighted by atomic mass is 35.5. The molecular formula is C7H8ClN3O5. The molecule has 1 atom stereocenters. The van der Waals surface area contributed by atoms with E-state index in [1.807, 2.05) is 0 Å². The zero-order valence-electron chi connectivity index (χ0n) is 7.92. The first-order valence-electron chi connectivity index (χ1n) is 4.18. The van der Waals surface area contributed by atoms with E-state index in [0.717, 1.165) is 10.8 Å². The van der Waals surface area contributed by atoms with Crippen molar-refractivity contribution in [3.8, 4) is 0 Å². The molecule has 0 amide bonds. The number of rotatable bonds is 4. The molecule has 1 aromatic rings. The highest BCUT2D eigenvalue weighted by molar-refractivity contribution is 6.18. The highest BCUT2D eigenvalue weighted by Gasteiger charge is 2.16. The van der Waals surface area contributed by atoms with Crippen molar-refractivity contribution in [1.82, 2.24) is 9.55 Å². The molecule has 9 heteroatoms. The summed E-state index contributed by atoms with van der Waals surface area (Å²) in [7, 11) is 0. The zero-order chi connectivity index (χ0) is 12.3. The summed E-state index contributed by atoms with van der Waals surface area (Å²) in [6, 6.07) is 0. The van der Waals surface area contributed by atoms with Crippen LogP contribution in [0.25, 0.3) is 0 Å². The summed E-state index contributed by atoms with van der Waals surface area (Å²) in [5.41, 5.74) is -2.67. The van der Waals surface area contributed by atoms with E-state index in [0.29, 0.717) is 0 Å². The number of hydrogen-bond acceptors (Lipinski definition) is 5. The third kappa shape index (κ3) is 2.67. The molecule has 16 heavy (non-hydrogen) atoms. The number of aromatic nitrogens is 2. The number of nitrogens with one attached hydrogen (secondary N) is 1. The van der Waals surface area contributed by atoms with Gasteiger partial charge in [0.1, 0.15) is 0 Å². The molecular weight excluding hydrogens is 242 g/mol. The van der Waals surface area contributed by atoms with Crippen LogP contribution >= 0.6 is 11.6 Å². The molecule has 1 aromatic heterocycles. The standard InChI is InChI=1S/C7H8ClN3O5/c8-1-4(12)2-10-3-5(11(15)16)6(13)9-7(10)14/h3-4,12H,1-2H2,(H,9,13,14). The number of halogens is 1. The smallest absolute Gasteiger partial charge is 0.350 e. The molecule has 0 aromatic carbocycles. The van der Waals surface area contributed by atoms with E-state index in [-0.39, 0.29) is 12.4 Å². The van der Waals surface area contributed by atoms with Gasteiger partial charge in [0, 0.05) is 0 Å². The molecule has 0 aliphatic carbocycles. The van der Waals surface area contributed by atoms with Crippen molar-refractivity contribution < 1.29 is 10.0 Å². The molecule has 0 radical (unpaired) electrons. The molecule has 0 bridgehead atoms. The fourth-order valence-corrected chi connectivity index (χ4v) is 1.14. The van der Waals surface area contributed by atoms with Gasteiger partial charge >= 0.3 is 16.9 Å². The quantitative estimate of drug-likeness (QED) is 0.405. The number of H-pyrrole nitrogens is 1. The molecule has 0 spiro atoms. The molecule has 0 fully saturated rings. The third-order valence-electron chi connectivity index (χ3n) is 1.77. The Morgan fingerprint density at radius 2 is 2.25 bits per heavy atom. The molecule has 1 rings (SSSR count). The van der Waals surface area contributed by atoms with Crippen LogP contribution in [-0.4, -0.2) is 31.6 Å². The summed E-state index contributed by atoms with van der Waals surface area (Å²) in [4.78, 5) is 33.5. The van der Waals surface area contributed by atoms with E-state index in [4.69, 9.17) is 11.6 Å². The van der Waals surface area contributed by atoms with Crippen LogP contribution in [0.5, 0.6) is 0 Å². The van der Waals surface area contributed by atoms with Gasteiger partial charge in [0.25, 0.3) is 0 Å². The molecule has 0 saturated heterocycles. The van der Waals surface area contributed by atoms with E-state index in [1.54, 1.807) is 4.98 Å². The maximum Gasteiger partial charge on any atom is 0.350 e. The number of nitro groups is 1. The number of aromatic amines is 1. The Morgan fingerprint density at radius 3 is 2.75 bits per heavy atom. The second kappa shape index (κ2) is 4.90. The molecule has 0 saturated carbocycles. The normalized spacial score (nSPS) is 12.4. The first-order chi connectivity index (χ1) is 7.45. The first-order valence-corrected chi connectivity index (χ1v) is 4.71. The lowest BCUT2D eigenvalue weighted by molar-refractivity contribution is -0.386. The summed E-state index contributed by atoms with van der Waals surface area (Å²) in [5, 5.41) is 19.6. The van der Waals surface area contributed by atoms with Crippen molar-refractivity contribution in [1.29, 1.82) is 0 Å². The summed E-state index contributed by atoms with van der Waals surface area (Å²) in [6.07, 6.45) is -0.249. The van der Waals surface area contributed by atoms with Crippen LogP contribution in [0.15, 0.2) is 15.8 Å². The minimum atomic E-state index is -1.08. The molecule has 1 heterocycles. The van der Waals surface area contributed by atoms with Crippen LogP contribution in [0.4, 0.5) is 5.69 Å². The van der Waals surface area contributed by atoms with Gasteiger partial charge in [-0.05, 0) is 0 Å². The predicted molar refractivity (Wildman–Crippen MR) is 54.7 cm³/mol. The molecule has 2 N–H and O–H groups in total. The van der Waals surface area contributed by atoms with Gasteiger partial charge < -0.3 is 5.11 Å². The van der Waals surface area contributed by atoms with E-state index in [2.05, 4.69) is 0 Å². The minimum Gasteiger partial charge on any atom is -0.390 e. The number of nitrogens with zero attached hydrogens (tertiary/aromatic N) is 2. The van der Waals surface area contributed by atoms with Gasteiger partial charge in [-0.1, -0.05) is 0 Å². The van der Waals surface area contributed by atoms with Crippen LogP contribution in [0, 0.1) is 10.1 Å². The Bertz CT molecular complexity index is 507. The van der Waals surface area contributed by atoms with E-state index >= 15 is 0 Å². The lowest BCUT2D eigenvalue weighted by Gasteiger charge is -2.08. The Labute approximate surface area is 93.2 Å². The third-order valence-corrected chi connectivity index (χ3v) is 2.13. The lowest BCUT2D eigenvalue weighted by Crippen LogP contribution is -2.34. The van der Waals surface area contributed by atoms with E-state index in [9.17, 15) is 24.8 Å². The van der Waals surface area contributed by atoms with Crippen molar-refractivity contribution in [2.75, 3.05) is 5.88 Å². The number of alkyl halides is 1. The molecule has 1 unspecified atom stereocenters. The van der Waals surface area contributed by atoms with E-state index < -0.39 is 28.0 Å². The second-order valence-electron chi connectivity index (χ2n) is 2.99. The predicted octanol–water partition coefficient (Wildman–Crippen LogP) is -0.955. The van der Waals surface area contributed by atoms with Crippen LogP contribution in [0.2, 0.25) is 0 Å². The highest BCUT2D eigenvalue weighted by Crippen LogP contribution is 2.00.